The third kappa shape index (κ3) is 4.43. The quantitative estimate of drug-likeness (QED) is 0.651. The summed E-state index contributed by atoms with van der Waals surface area (Å²) in [7, 11) is 0. The average molecular weight is 324 g/mol. The average Bonchev–Trinajstić information content (AvgIpc) is 3.14. The molecule has 0 radical (unpaired) electrons. The van der Waals surface area contributed by atoms with Gasteiger partial charge in [0.2, 0.25) is 0 Å². The highest BCUT2D eigenvalue weighted by atomic mass is 16.4. The van der Waals surface area contributed by atoms with Gasteiger partial charge in [0.1, 0.15) is 11.9 Å². The topological polar surface area (TPSA) is 58.3 Å². The number of pyridine rings is 1. The second kappa shape index (κ2) is 8.08. The number of hydrogen-bond acceptors (Lipinski definition) is 4. The number of benzene rings is 1. The van der Waals surface area contributed by atoms with Crippen molar-refractivity contribution in [2.45, 2.75) is 44.9 Å². The predicted octanol–water partition coefficient (Wildman–Crippen LogP) is 4.21. The van der Waals surface area contributed by atoms with Crippen LogP contribution in [-0.4, -0.2) is 16.1 Å². The van der Waals surface area contributed by atoms with Crippen LogP contribution in [-0.2, 0) is 6.54 Å². The van der Waals surface area contributed by atoms with E-state index in [9.17, 15) is 5.11 Å². The minimum Gasteiger partial charge on any atom is -0.467 e. The summed E-state index contributed by atoms with van der Waals surface area (Å²) in [6.07, 6.45) is 7.52. The van der Waals surface area contributed by atoms with E-state index in [-0.39, 0.29) is 0 Å². The van der Waals surface area contributed by atoms with Crippen LogP contribution < -0.4 is 5.32 Å². The van der Waals surface area contributed by atoms with E-state index < -0.39 is 6.10 Å². The van der Waals surface area contributed by atoms with Gasteiger partial charge in [-0.25, -0.2) is 0 Å². The van der Waals surface area contributed by atoms with Crippen LogP contribution >= 0.6 is 0 Å². The molecule has 2 atom stereocenters. The molecule has 1 aromatic carbocycles. The molecule has 24 heavy (non-hydrogen) atoms. The summed E-state index contributed by atoms with van der Waals surface area (Å²) in [5.41, 5.74) is 1.27. The molecule has 4 heteroatoms. The minimum absolute atomic E-state index is 0.405. The molecular formula is C20H24N2O2. The first-order valence-corrected chi connectivity index (χ1v) is 8.50. The van der Waals surface area contributed by atoms with E-state index in [2.05, 4.69) is 35.4 Å². The summed E-state index contributed by atoms with van der Waals surface area (Å²) in [4.78, 5) is 4.14. The Balaban J connectivity index is 1.42. The van der Waals surface area contributed by atoms with Gasteiger partial charge in [0.05, 0.1) is 6.26 Å². The van der Waals surface area contributed by atoms with Crippen LogP contribution in [0, 0.1) is 0 Å². The number of nitrogens with zero attached hydrogens (tertiary/aromatic N) is 1. The van der Waals surface area contributed by atoms with Crippen molar-refractivity contribution in [3.63, 3.8) is 0 Å². The van der Waals surface area contributed by atoms with Crippen LogP contribution in [0.2, 0.25) is 0 Å². The molecular weight excluding hydrogens is 300 g/mol. The Morgan fingerprint density at radius 3 is 2.92 bits per heavy atom. The van der Waals surface area contributed by atoms with Crippen molar-refractivity contribution < 1.29 is 9.52 Å². The standard InChI is InChI=1S/C20H24N2O2/c1-15(4-2-5-19(23)20-6-3-11-24-20)22-13-16-7-8-18-14-21-10-9-17(18)12-16/h3,6-12,14-15,19,22-23H,2,4-5,13H2,1H3/t15-,19?/m1/s1. The third-order valence-electron chi connectivity index (χ3n) is 4.35. The number of aliphatic hydroxyl groups excluding tert-OH is 1. The summed E-state index contributed by atoms with van der Waals surface area (Å²) >= 11 is 0. The number of aromatic nitrogens is 1. The van der Waals surface area contributed by atoms with Crippen LogP contribution in [0.5, 0.6) is 0 Å². The normalized spacial score (nSPS) is 13.9. The molecule has 2 aromatic heterocycles. The summed E-state index contributed by atoms with van der Waals surface area (Å²) < 4.78 is 5.22. The Kier molecular flexibility index (Phi) is 5.62. The molecule has 0 spiro atoms. The molecule has 0 amide bonds. The largest absolute Gasteiger partial charge is 0.467 e. The summed E-state index contributed by atoms with van der Waals surface area (Å²) in [6, 6.07) is 12.5. The van der Waals surface area contributed by atoms with Gasteiger partial charge in [0.25, 0.3) is 0 Å². The van der Waals surface area contributed by atoms with Crippen LogP contribution in [0.25, 0.3) is 10.8 Å². The smallest absolute Gasteiger partial charge is 0.132 e. The van der Waals surface area contributed by atoms with Crippen molar-refractivity contribution >= 4 is 10.8 Å². The number of fused-ring (bicyclic) bond motifs is 1. The monoisotopic (exact) mass is 324 g/mol. The molecule has 0 saturated carbocycles. The number of hydrogen-bond donors (Lipinski definition) is 2. The molecule has 4 nitrogen and oxygen atoms in total. The van der Waals surface area contributed by atoms with Gasteiger partial charge in [-0.15, -0.1) is 0 Å². The Morgan fingerprint density at radius 2 is 2.08 bits per heavy atom. The van der Waals surface area contributed by atoms with Gasteiger partial charge in [0, 0.05) is 30.4 Å². The molecule has 0 fully saturated rings. The molecule has 3 rings (SSSR count). The fraction of sp³-hybridized carbons (Fsp3) is 0.350. The highest BCUT2D eigenvalue weighted by Crippen LogP contribution is 2.20. The molecule has 0 aliphatic heterocycles. The van der Waals surface area contributed by atoms with Gasteiger partial charge in [-0.05, 0) is 61.4 Å². The van der Waals surface area contributed by atoms with E-state index in [0.717, 1.165) is 25.8 Å². The molecule has 126 valence electrons. The van der Waals surface area contributed by atoms with E-state index in [0.29, 0.717) is 11.8 Å². The zero-order chi connectivity index (χ0) is 16.8. The lowest BCUT2D eigenvalue weighted by atomic mass is 10.1. The fourth-order valence-electron chi connectivity index (χ4n) is 2.88. The maximum absolute atomic E-state index is 10.0. The summed E-state index contributed by atoms with van der Waals surface area (Å²) in [5.74, 6) is 0.654. The number of rotatable bonds is 8. The second-order valence-corrected chi connectivity index (χ2v) is 6.30. The Bertz CT molecular complexity index is 755. The Morgan fingerprint density at radius 1 is 1.17 bits per heavy atom. The van der Waals surface area contributed by atoms with Crippen molar-refractivity contribution in [2.75, 3.05) is 0 Å². The van der Waals surface area contributed by atoms with E-state index in [1.165, 1.54) is 16.3 Å². The predicted molar refractivity (Wildman–Crippen MR) is 95.6 cm³/mol. The molecule has 0 saturated heterocycles. The van der Waals surface area contributed by atoms with Crippen LogP contribution in [0.15, 0.2) is 59.5 Å². The molecule has 3 aromatic rings. The summed E-state index contributed by atoms with van der Waals surface area (Å²) in [5, 5.41) is 16.0. The number of nitrogens with one attached hydrogen (secondary N) is 1. The Hall–Kier alpha value is -2.17. The van der Waals surface area contributed by atoms with Crippen LogP contribution in [0.1, 0.15) is 43.6 Å². The van der Waals surface area contributed by atoms with E-state index in [1.807, 2.05) is 30.6 Å². The third-order valence-corrected chi connectivity index (χ3v) is 4.35. The zero-order valence-electron chi connectivity index (χ0n) is 14.0. The van der Waals surface area contributed by atoms with E-state index in [1.54, 1.807) is 6.26 Å². The van der Waals surface area contributed by atoms with Gasteiger partial charge in [-0.1, -0.05) is 12.1 Å². The van der Waals surface area contributed by atoms with Gasteiger partial charge >= 0.3 is 0 Å². The number of furan rings is 1. The number of aliphatic hydroxyl groups is 1. The molecule has 2 heterocycles. The van der Waals surface area contributed by atoms with Crippen molar-refractivity contribution in [1.82, 2.24) is 10.3 Å². The first kappa shape index (κ1) is 16.7. The van der Waals surface area contributed by atoms with Crippen molar-refractivity contribution in [3.8, 4) is 0 Å². The van der Waals surface area contributed by atoms with Gasteiger partial charge in [0.15, 0.2) is 0 Å². The highest BCUT2D eigenvalue weighted by molar-refractivity contribution is 5.81. The van der Waals surface area contributed by atoms with Gasteiger partial charge in [-0.2, -0.15) is 0 Å². The minimum atomic E-state index is -0.499. The lowest BCUT2D eigenvalue weighted by Crippen LogP contribution is -2.25. The summed E-state index contributed by atoms with van der Waals surface area (Å²) in [6.45, 7) is 3.03. The fourth-order valence-corrected chi connectivity index (χ4v) is 2.88. The van der Waals surface area contributed by atoms with E-state index in [4.69, 9.17) is 4.42 Å². The molecule has 2 N–H and O–H groups in total. The SMILES string of the molecule is C[C@H](CCCC(O)c1ccco1)NCc1ccc2cnccc2c1. The zero-order valence-corrected chi connectivity index (χ0v) is 14.0. The molecule has 0 aliphatic rings. The van der Waals surface area contributed by atoms with Crippen molar-refractivity contribution in [1.29, 1.82) is 0 Å². The second-order valence-electron chi connectivity index (χ2n) is 6.30. The lowest BCUT2D eigenvalue weighted by Gasteiger charge is -2.15. The van der Waals surface area contributed by atoms with Crippen LogP contribution in [0.3, 0.4) is 0 Å². The molecule has 0 bridgehead atoms. The maximum atomic E-state index is 10.0. The first-order chi connectivity index (χ1) is 11.7. The lowest BCUT2D eigenvalue weighted by molar-refractivity contribution is 0.136. The van der Waals surface area contributed by atoms with E-state index >= 15 is 0 Å². The highest BCUT2D eigenvalue weighted by Gasteiger charge is 2.11. The van der Waals surface area contributed by atoms with Crippen molar-refractivity contribution in [2.24, 2.45) is 0 Å². The molecule has 0 aliphatic carbocycles. The van der Waals surface area contributed by atoms with Crippen LogP contribution in [0.4, 0.5) is 0 Å². The van der Waals surface area contributed by atoms with Gasteiger partial charge < -0.3 is 14.8 Å². The first-order valence-electron chi connectivity index (χ1n) is 8.50. The molecule has 1 unspecified atom stereocenters. The van der Waals surface area contributed by atoms with Gasteiger partial charge in [-0.3, -0.25) is 4.98 Å². The van der Waals surface area contributed by atoms with Crippen molar-refractivity contribution in [3.05, 3.63) is 66.4 Å². The Labute approximate surface area is 142 Å². The maximum Gasteiger partial charge on any atom is 0.132 e.